The number of anilines is 1. The molecule has 3 N–H and O–H groups in total. The molecule has 6 heteroatoms. The largest absolute Gasteiger partial charge is 0.438 e. The Labute approximate surface area is 99.4 Å². The molecule has 2 aromatic rings. The van der Waals surface area contributed by atoms with Gasteiger partial charge in [-0.05, 0) is 28.1 Å². The van der Waals surface area contributed by atoms with Crippen molar-refractivity contribution in [3.8, 4) is 11.6 Å². The van der Waals surface area contributed by atoms with Crippen LogP contribution in [0, 0.1) is 0 Å². The SMILES string of the molecule is Nc1cccc(Oc2nc[nH]c(=O)c2Br)c1. The first-order chi connectivity index (χ1) is 7.66. The number of nitrogens with one attached hydrogen (secondary N) is 1. The molecular formula is C10H8BrN3O2. The molecule has 0 saturated heterocycles. The Kier molecular flexibility index (Phi) is 2.91. The molecular weight excluding hydrogens is 274 g/mol. The lowest BCUT2D eigenvalue weighted by molar-refractivity contribution is 0.457. The minimum absolute atomic E-state index is 0.203. The fraction of sp³-hybridized carbons (Fsp3) is 0. The van der Waals surface area contributed by atoms with Crippen LogP contribution in [0.15, 0.2) is 39.9 Å². The molecule has 5 nitrogen and oxygen atoms in total. The number of hydrogen-bond donors (Lipinski definition) is 2. The lowest BCUT2D eigenvalue weighted by atomic mass is 10.3. The van der Waals surface area contributed by atoms with Crippen molar-refractivity contribution in [1.82, 2.24) is 9.97 Å². The average molecular weight is 282 g/mol. The molecule has 0 unspecified atom stereocenters. The second-order valence-corrected chi connectivity index (χ2v) is 3.82. The van der Waals surface area contributed by atoms with E-state index in [9.17, 15) is 4.79 Å². The van der Waals surface area contributed by atoms with E-state index in [1.54, 1.807) is 24.3 Å². The number of H-pyrrole nitrogens is 1. The van der Waals surface area contributed by atoms with Crippen LogP contribution in [0.2, 0.25) is 0 Å². The molecule has 0 bridgehead atoms. The van der Waals surface area contributed by atoms with Gasteiger partial charge >= 0.3 is 0 Å². The highest BCUT2D eigenvalue weighted by Gasteiger charge is 2.07. The van der Waals surface area contributed by atoms with Crippen molar-refractivity contribution < 1.29 is 4.74 Å². The van der Waals surface area contributed by atoms with Crippen molar-refractivity contribution in [3.05, 3.63) is 45.4 Å². The fourth-order valence-corrected chi connectivity index (χ4v) is 1.43. The Morgan fingerprint density at radius 1 is 1.44 bits per heavy atom. The quantitative estimate of drug-likeness (QED) is 0.824. The molecule has 0 saturated carbocycles. The summed E-state index contributed by atoms with van der Waals surface area (Å²) >= 11 is 3.09. The molecule has 1 aromatic heterocycles. The van der Waals surface area contributed by atoms with Crippen LogP contribution in [0.25, 0.3) is 0 Å². The average Bonchev–Trinajstić information content (AvgIpc) is 2.25. The third-order valence-corrected chi connectivity index (χ3v) is 2.54. The van der Waals surface area contributed by atoms with Gasteiger partial charge in [0.2, 0.25) is 5.88 Å². The van der Waals surface area contributed by atoms with Gasteiger partial charge in [-0.3, -0.25) is 4.79 Å². The van der Waals surface area contributed by atoms with Crippen LogP contribution in [0.5, 0.6) is 11.6 Å². The van der Waals surface area contributed by atoms with Crippen molar-refractivity contribution in [2.75, 3.05) is 5.73 Å². The van der Waals surface area contributed by atoms with E-state index in [0.29, 0.717) is 11.4 Å². The summed E-state index contributed by atoms with van der Waals surface area (Å²) in [6, 6.07) is 6.87. The van der Waals surface area contributed by atoms with Crippen LogP contribution in [0.1, 0.15) is 0 Å². The predicted octanol–water partition coefficient (Wildman–Crippen LogP) is 1.91. The van der Waals surface area contributed by atoms with Gasteiger partial charge in [-0.1, -0.05) is 6.07 Å². The maximum absolute atomic E-state index is 11.2. The molecule has 0 fully saturated rings. The van der Waals surface area contributed by atoms with E-state index in [1.807, 2.05) is 0 Å². The first-order valence-electron chi connectivity index (χ1n) is 4.43. The van der Waals surface area contributed by atoms with Gasteiger partial charge in [0.25, 0.3) is 5.56 Å². The lowest BCUT2D eigenvalue weighted by Gasteiger charge is -2.05. The van der Waals surface area contributed by atoms with Crippen LogP contribution in [0.4, 0.5) is 5.69 Å². The minimum atomic E-state index is -0.297. The Morgan fingerprint density at radius 2 is 2.25 bits per heavy atom. The number of nitrogens with zero attached hydrogens (tertiary/aromatic N) is 1. The van der Waals surface area contributed by atoms with Crippen LogP contribution in [-0.2, 0) is 0 Å². The van der Waals surface area contributed by atoms with E-state index in [2.05, 4.69) is 25.9 Å². The molecule has 2 rings (SSSR count). The summed E-state index contributed by atoms with van der Waals surface area (Å²) in [7, 11) is 0. The van der Waals surface area contributed by atoms with Crippen LogP contribution < -0.4 is 16.0 Å². The number of ether oxygens (including phenoxy) is 1. The number of nitrogen functional groups attached to an aromatic ring is 1. The van der Waals surface area contributed by atoms with E-state index < -0.39 is 0 Å². The summed E-state index contributed by atoms with van der Waals surface area (Å²) < 4.78 is 5.66. The molecule has 0 atom stereocenters. The molecule has 1 heterocycles. The Balaban J connectivity index is 2.34. The van der Waals surface area contributed by atoms with Crippen molar-refractivity contribution >= 4 is 21.6 Å². The van der Waals surface area contributed by atoms with E-state index in [-0.39, 0.29) is 15.9 Å². The summed E-state index contributed by atoms with van der Waals surface area (Å²) in [6.45, 7) is 0. The Bertz CT molecular complexity index is 568. The number of nitrogens with two attached hydrogens (primary N) is 1. The maximum Gasteiger partial charge on any atom is 0.268 e. The Hall–Kier alpha value is -1.82. The number of aromatic nitrogens is 2. The van der Waals surface area contributed by atoms with Crippen molar-refractivity contribution in [2.45, 2.75) is 0 Å². The van der Waals surface area contributed by atoms with Gasteiger partial charge in [0, 0.05) is 11.8 Å². The molecule has 82 valence electrons. The second-order valence-electron chi connectivity index (χ2n) is 3.03. The van der Waals surface area contributed by atoms with Crippen LogP contribution in [-0.4, -0.2) is 9.97 Å². The molecule has 0 aliphatic carbocycles. The van der Waals surface area contributed by atoms with E-state index in [4.69, 9.17) is 10.5 Å². The molecule has 0 radical (unpaired) electrons. The van der Waals surface area contributed by atoms with Gasteiger partial charge in [-0.2, -0.15) is 0 Å². The summed E-state index contributed by atoms with van der Waals surface area (Å²) in [4.78, 5) is 17.6. The lowest BCUT2D eigenvalue weighted by Crippen LogP contribution is -2.08. The van der Waals surface area contributed by atoms with Gasteiger partial charge < -0.3 is 15.5 Å². The minimum Gasteiger partial charge on any atom is -0.438 e. The topological polar surface area (TPSA) is 81.0 Å². The molecule has 0 aliphatic heterocycles. The standard InChI is InChI=1S/C10H8BrN3O2/c11-8-9(15)13-5-14-10(8)16-7-3-1-2-6(12)4-7/h1-5H,12H2,(H,13,14,15). The van der Waals surface area contributed by atoms with Gasteiger partial charge in [-0.15, -0.1) is 0 Å². The number of benzene rings is 1. The summed E-state index contributed by atoms with van der Waals surface area (Å²) in [5.41, 5.74) is 5.88. The highest BCUT2D eigenvalue weighted by Crippen LogP contribution is 2.24. The molecule has 0 amide bonds. The van der Waals surface area contributed by atoms with Gasteiger partial charge in [0.15, 0.2) is 0 Å². The zero-order valence-corrected chi connectivity index (χ0v) is 9.69. The zero-order valence-electron chi connectivity index (χ0n) is 8.11. The van der Waals surface area contributed by atoms with Crippen molar-refractivity contribution in [3.63, 3.8) is 0 Å². The van der Waals surface area contributed by atoms with Gasteiger partial charge in [-0.25, -0.2) is 4.98 Å². The van der Waals surface area contributed by atoms with Crippen LogP contribution >= 0.6 is 15.9 Å². The Morgan fingerprint density at radius 3 is 3.00 bits per heavy atom. The third-order valence-electron chi connectivity index (χ3n) is 1.84. The molecule has 1 aromatic carbocycles. The second kappa shape index (κ2) is 4.36. The molecule has 0 spiro atoms. The smallest absolute Gasteiger partial charge is 0.268 e. The number of hydrogen-bond acceptors (Lipinski definition) is 4. The number of rotatable bonds is 2. The maximum atomic E-state index is 11.2. The van der Waals surface area contributed by atoms with E-state index >= 15 is 0 Å². The molecule has 0 aliphatic rings. The van der Waals surface area contributed by atoms with E-state index in [1.165, 1.54) is 6.33 Å². The number of aromatic amines is 1. The van der Waals surface area contributed by atoms with Crippen LogP contribution in [0.3, 0.4) is 0 Å². The van der Waals surface area contributed by atoms with E-state index in [0.717, 1.165) is 0 Å². The zero-order chi connectivity index (χ0) is 11.5. The third kappa shape index (κ3) is 2.22. The predicted molar refractivity (Wildman–Crippen MR) is 63.5 cm³/mol. The monoisotopic (exact) mass is 281 g/mol. The molecule has 16 heavy (non-hydrogen) atoms. The van der Waals surface area contributed by atoms with Gasteiger partial charge in [0.1, 0.15) is 10.2 Å². The van der Waals surface area contributed by atoms with Gasteiger partial charge in [0.05, 0.1) is 6.33 Å². The summed E-state index contributed by atoms with van der Waals surface area (Å²) in [6.07, 6.45) is 1.27. The van der Waals surface area contributed by atoms with Crippen molar-refractivity contribution in [2.24, 2.45) is 0 Å². The highest BCUT2D eigenvalue weighted by atomic mass is 79.9. The highest BCUT2D eigenvalue weighted by molar-refractivity contribution is 9.10. The normalized spacial score (nSPS) is 10.1. The van der Waals surface area contributed by atoms with Crippen molar-refractivity contribution in [1.29, 1.82) is 0 Å². The summed E-state index contributed by atoms with van der Waals surface area (Å²) in [5, 5.41) is 0. The first-order valence-corrected chi connectivity index (χ1v) is 5.22. The fourth-order valence-electron chi connectivity index (χ4n) is 1.13. The summed E-state index contributed by atoms with van der Waals surface area (Å²) in [5.74, 6) is 0.730. The number of halogens is 1. The first kappa shape index (κ1) is 10.7.